The van der Waals surface area contributed by atoms with Crippen LogP contribution in [0, 0.1) is 6.92 Å². The van der Waals surface area contributed by atoms with E-state index in [9.17, 15) is 4.79 Å². The Kier molecular flexibility index (Phi) is 5.24. The van der Waals surface area contributed by atoms with Crippen LogP contribution in [0.2, 0.25) is 0 Å². The van der Waals surface area contributed by atoms with Gasteiger partial charge in [0.2, 0.25) is 11.1 Å². The Labute approximate surface area is 163 Å². The number of methoxy groups -OCH3 is 1. The molecule has 1 aromatic carbocycles. The van der Waals surface area contributed by atoms with Gasteiger partial charge in [-0.2, -0.15) is 0 Å². The fourth-order valence-corrected chi connectivity index (χ4v) is 4.89. The SMILES string of the molecule is COc1ccc([C@@H]2Nn3c(C)nnc3S[C@@H]2C(=O)N2CCCCCC2)cc1. The number of carbonyl (C=O) groups is 1. The van der Waals surface area contributed by atoms with Crippen molar-refractivity contribution in [3.63, 3.8) is 0 Å². The topological polar surface area (TPSA) is 72.3 Å². The first-order chi connectivity index (χ1) is 13.2. The zero-order valence-electron chi connectivity index (χ0n) is 15.7. The largest absolute Gasteiger partial charge is 0.497 e. The Morgan fingerprint density at radius 3 is 2.52 bits per heavy atom. The van der Waals surface area contributed by atoms with Gasteiger partial charge in [0, 0.05) is 13.1 Å². The van der Waals surface area contributed by atoms with Crippen LogP contribution >= 0.6 is 11.8 Å². The Balaban J connectivity index is 1.65. The highest BCUT2D eigenvalue weighted by Gasteiger charge is 2.39. The van der Waals surface area contributed by atoms with E-state index in [0.29, 0.717) is 0 Å². The highest BCUT2D eigenvalue weighted by molar-refractivity contribution is 8.00. The number of likely N-dealkylation sites (tertiary alicyclic amines) is 1. The molecule has 1 aromatic heterocycles. The summed E-state index contributed by atoms with van der Waals surface area (Å²) in [6.07, 6.45) is 4.57. The molecule has 0 radical (unpaired) electrons. The lowest BCUT2D eigenvalue weighted by Gasteiger charge is -2.35. The fraction of sp³-hybridized carbons (Fsp3) is 0.526. The number of thioether (sulfide) groups is 1. The Morgan fingerprint density at radius 1 is 1.15 bits per heavy atom. The number of ether oxygens (including phenoxy) is 1. The number of nitrogens with zero attached hydrogens (tertiary/aromatic N) is 4. The number of fused-ring (bicyclic) bond motifs is 1. The van der Waals surface area contributed by atoms with Gasteiger partial charge in [-0.15, -0.1) is 10.2 Å². The molecular weight excluding hydrogens is 362 g/mol. The Morgan fingerprint density at radius 2 is 1.85 bits per heavy atom. The molecule has 0 saturated carbocycles. The van der Waals surface area contributed by atoms with Gasteiger partial charge in [0.1, 0.15) is 16.8 Å². The van der Waals surface area contributed by atoms with Crippen molar-refractivity contribution in [1.82, 2.24) is 19.8 Å². The Hall–Kier alpha value is -2.22. The van der Waals surface area contributed by atoms with Gasteiger partial charge in [-0.25, -0.2) is 4.68 Å². The van der Waals surface area contributed by atoms with Gasteiger partial charge >= 0.3 is 0 Å². The number of aryl methyl sites for hydroxylation is 1. The minimum atomic E-state index is -0.271. The molecule has 1 fully saturated rings. The van der Waals surface area contributed by atoms with Crippen molar-refractivity contribution in [3.05, 3.63) is 35.7 Å². The van der Waals surface area contributed by atoms with Crippen LogP contribution in [0.1, 0.15) is 43.1 Å². The number of rotatable bonds is 3. The van der Waals surface area contributed by atoms with Crippen molar-refractivity contribution >= 4 is 17.7 Å². The number of carbonyl (C=O) groups excluding carboxylic acids is 1. The van der Waals surface area contributed by atoms with Crippen molar-refractivity contribution in [3.8, 4) is 5.75 Å². The van der Waals surface area contributed by atoms with Crippen LogP contribution in [-0.4, -0.2) is 51.1 Å². The van der Waals surface area contributed by atoms with Crippen LogP contribution in [0.3, 0.4) is 0 Å². The van der Waals surface area contributed by atoms with E-state index in [1.165, 1.54) is 24.6 Å². The van der Waals surface area contributed by atoms with E-state index in [2.05, 4.69) is 15.6 Å². The second kappa shape index (κ2) is 7.80. The smallest absolute Gasteiger partial charge is 0.238 e. The first-order valence-electron chi connectivity index (χ1n) is 9.45. The quantitative estimate of drug-likeness (QED) is 0.873. The normalized spacial score (nSPS) is 22.5. The summed E-state index contributed by atoms with van der Waals surface area (Å²) in [5.74, 6) is 1.78. The summed E-state index contributed by atoms with van der Waals surface area (Å²) >= 11 is 1.50. The molecule has 1 N–H and O–H groups in total. The maximum atomic E-state index is 13.4. The monoisotopic (exact) mass is 387 g/mol. The standard InChI is InChI=1S/C19H25N5O2S/c1-13-20-21-19-24(13)22-16(14-7-9-15(26-2)10-8-14)17(27-19)18(25)23-11-5-3-4-6-12-23/h7-10,16-17,22H,3-6,11-12H2,1-2H3/t16-,17-/m0/s1. The van der Waals surface area contributed by atoms with Gasteiger partial charge in [-0.1, -0.05) is 36.7 Å². The third-order valence-corrected chi connectivity index (χ3v) is 6.44. The zero-order chi connectivity index (χ0) is 18.8. The lowest BCUT2D eigenvalue weighted by Crippen LogP contribution is -2.46. The van der Waals surface area contributed by atoms with Gasteiger partial charge < -0.3 is 15.1 Å². The molecule has 2 atom stereocenters. The molecule has 144 valence electrons. The predicted octanol–water partition coefficient (Wildman–Crippen LogP) is 2.76. The van der Waals surface area contributed by atoms with E-state index in [-0.39, 0.29) is 17.2 Å². The van der Waals surface area contributed by atoms with Crippen molar-refractivity contribution < 1.29 is 9.53 Å². The molecule has 0 unspecified atom stereocenters. The summed E-state index contributed by atoms with van der Waals surface area (Å²) in [5.41, 5.74) is 4.52. The van der Waals surface area contributed by atoms with Gasteiger partial charge in [0.15, 0.2) is 0 Å². The molecule has 0 spiro atoms. The van der Waals surface area contributed by atoms with Crippen LogP contribution in [0.15, 0.2) is 29.4 Å². The molecule has 8 heteroatoms. The molecule has 2 aliphatic heterocycles. The number of benzene rings is 1. The van der Waals surface area contributed by atoms with E-state index in [1.807, 2.05) is 40.8 Å². The average Bonchev–Trinajstić information content (AvgIpc) is 2.90. The molecule has 0 aliphatic carbocycles. The van der Waals surface area contributed by atoms with E-state index >= 15 is 0 Å². The van der Waals surface area contributed by atoms with E-state index in [0.717, 1.165) is 48.2 Å². The van der Waals surface area contributed by atoms with Crippen LogP contribution in [-0.2, 0) is 4.79 Å². The third kappa shape index (κ3) is 3.63. The van der Waals surface area contributed by atoms with Gasteiger partial charge in [0.25, 0.3) is 0 Å². The zero-order valence-corrected chi connectivity index (χ0v) is 16.5. The maximum Gasteiger partial charge on any atom is 0.238 e. The fourth-order valence-electron chi connectivity index (χ4n) is 3.68. The molecule has 27 heavy (non-hydrogen) atoms. The van der Waals surface area contributed by atoms with Gasteiger partial charge in [0.05, 0.1) is 13.2 Å². The summed E-state index contributed by atoms with van der Waals surface area (Å²) in [6, 6.07) is 7.75. The van der Waals surface area contributed by atoms with E-state index < -0.39 is 0 Å². The van der Waals surface area contributed by atoms with E-state index in [1.54, 1.807) is 7.11 Å². The van der Waals surface area contributed by atoms with Crippen molar-refractivity contribution in [1.29, 1.82) is 0 Å². The highest BCUT2D eigenvalue weighted by Crippen LogP contribution is 2.38. The lowest BCUT2D eigenvalue weighted by atomic mass is 10.0. The number of nitrogens with one attached hydrogen (secondary N) is 1. The summed E-state index contributed by atoms with van der Waals surface area (Å²) in [7, 11) is 1.65. The third-order valence-electron chi connectivity index (χ3n) is 5.23. The molecule has 2 aliphatic rings. The van der Waals surface area contributed by atoms with Crippen LogP contribution in [0.25, 0.3) is 0 Å². The lowest BCUT2D eigenvalue weighted by molar-refractivity contribution is -0.131. The summed E-state index contributed by atoms with van der Waals surface area (Å²) in [6.45, 7) is 3.60. The van der Waals surface area contributed by atoms with Crippen LogP contribution in [0.5, 0.6) is 5.75 Å². The van der Waals surface area contributed by atoms with E-state index in [4.69, 9.17) is 4.74 Å². The average molecular weight is 388 g/mol. The molecule has 1 amide bonds. The van der Waals surface area contributed by atoms with Crippen LogP contribution in [0.4, 0.5) is 0 Å². The number of hydrogen-bond acceptors (Lipinski definition) is 6. The second-order valence-electron chi connectivity index (χ2n) is 7.02. The predicted molar refractivity (Wildman–Crippen MR) is 105 cm³/mol. The number of aromatic nitrogens is 3. The second-order valence-corrected chi connectivity index (χ2v) is 8.13. The minimum Gasteiger partial charge on any atom is -0.497 e. The molecule has 7 nitrogen and oxygen atoms in total. The molecule has 3 heterocycles. The summed E-state index contributed by atoms with van der Waals surface area (Å²) < 4.78 is 7.16. The molecule has 1 saturated heterocycles. The first kappa shape index (κ1) is 18.2. The molecule has 0 bridgehead atoms. The van der Waals surface area contributed by atoms with Gasteiger partial charge in [-0.3, -0.25) is 4.79 Å². The van der Waals surface area contributed by atoms with Crippen LogP contribution < -0.4 is 10.2 Å². The highest BCUT2D eigenvalue weighted by atomic mass is 32.2. The van der Waals surface area contributed by atoms with Crippen molar-refractivity contribution in [2.24, 2.45) is 0 Å². The van der Waals surface area contributed by atoms with Gasteiger partial charge in [-0.05, 0) is 37.5 Å². The minimum absolute atomic E-state index is 0.154. The summed E-state index contributed by atoms with van der Waals surface area (Å²) in [5, 5.41) is 8.86. The van der Waals surface area contributed by atoms with Crippen molar-refractivity contribution in [2.45, 2.75) is 49.1 Å². The van der Waals surface area contributed by atoms with Crippen molar-refractivity contribution in [2.75, 3.05) is 25.6 Å². The molecule has 2 aromatic rings. The molecular formula is C19H25N5O2S. The molecule has 4 rings (SSSR count). The first-order valence-corrected chi connectivity index (χ1v) is 10.3. The number of hydrogen-bond donors (Lipinski definition) is 1. The number of amides is 1. The maximum absolute atomic E-state index is 13.4. The summed E-state index contributed by atoms with van der Waals surface area (Å²) in [4.78, 5) is 15.4. The Bertz CT molecular complexity index is 799.